The second-order valence-corrected chi connectivity index (χ2v) is 4.63. The summed E-state index contributed by atoms with van der Waals surface area (Å²) in [6.07, 6.45) is 6.89. The summed E-state index contributed by atoms with van der Waals surface area (Å²) in [5.41, 5.74) is 0.626. The van der Waals surface area contributed by atoms with Crippen molar-refractivity contribution in [2.24, 2.45) is 17.3 Å². The van der Waals surface area contributed by atoms with E-state index in [1.54, 1.807) is 0 Å². The molecular weight excluding hydrogens is 136 g/mol. The molecule has 1 spiro atoms. The number of aliphatic hydroxyl groups excluding tert-OH is 1. The number of rotatable bonds is 1. The molecule has 0 aliphatic heterocycles. The molecular formula is C10H18O. The second-order valence-electron chi connectivity index (χ2n) is 4.63. The zero-order valence-electron chi connectivity index (χ0n) is 7.34. The van der Waals surface area contributed by atoms with Crippen molar-refractivity contribution in [1.29, 1.82) is 0 Å². The van der Waals surface area contributed by atoms with Gasteiger partial charge < -0.3 is 5.11 Å². The van der Waals surface area contributed by atoms with Crippen molar-refractivity contribution in [2.75, 3.05) is 6.61 Å². The van der Waals surface area contributed by atoms with Crippen LogP contribution in [0, 0.1) is 17.3 Å². The Bertz CT molecular complexity index is 145. The quantitative estimate of drug-likeness (QED) is 0.614. The zero-order valence-corrected chi connectivity index (χ0v) is 7.34. The van der Waals surface area contributed by atoms with Crippen molar-refractivity contribution in [3.63, 3.8) is 0 Å². The molecule has 1 heteroatoms. The van der Waals surface area contributed by atoms with E-state index in [0.29, 0.717) is 17.9 Å². The van der Waals surface area contributed by atoms with E-state index in [-0.39, 0.29) is 0 Å². The lowest BCUT2D eigenvalue weighted by molar-refractivity contribution is 0.202. The maximum Gasteiger partial charge on any atom is 0.0464 e. The van der Waals surface area contributed by atoms with Crippen LogP contribution in [0.2, 0.25) is 0 Å². The zero-order chi connectivity index (χ0) is 7.90. The summed E-state index contributed by atoms with van der Waals surface area (Å²) in [7, 11) is 0. The Labute approximate surface area is 68.8 Å². The van der Waals surface area contributed by atoms with E-state index in [0.717, 1.165) is 5.92 Å². The third-order valence-electron chi connectivity index (χ3n) is 3.85. The molecule has 0 aromatic heterocycles. The maximum absolute atomic E-state index is 8.99. The Morgan fingerprint density at radius 2 is 2.00 bits per heavy atom. The van der Waals surface area contributed by atoms with Crippen LogP contribution in [0.4, 0.5) is 0 Å². The first kappa shape index (κ1) is 7.60. The van der Waals surface area contributed by atoms with Crippen LogP contribution < -0.4 is 0 Å². The van der Waals surface area contributed by atoms with Gasteiger partial charge in [0.2, 0.25) is 0 Å². The molecule has 2 aliphatic rings. The fraction of sp³-hybridized carbons (Fsp3) is 1.00. The van der Waals surface area contributed by atoms with Crippen LogP contribution in [0.15, 0.2) is 0 Å². The lowest BCUT2D eigenvalue weighted by Crippen LogP contribution is -2.15. The van der Waals surface area contributed by atoms with Gasteiger partial charge in [-0.2, -0.15) is 0 Å². The standard InChI is InChI=1S/C10H18O/c1-8-2-4-10(5-3-8)6-9(10)7-11/h8-9,11H,2-7H2,1H3. The molecule has 0 aromatic carbocycles. The van der Waals surface area contributed by atoms with Gasteiger partial charge >= 0.3 is 0 Å². The summed E-state index contributed by atoms with van der Waals surface area (Å²) in [4.78, 5) is 0. The van der Waals surface area contributed by atoms with Crippen molar-refractivity contribution in [3.8, 4) is 0 Å². The number of aliphatic hydroxyl groups is 1. The SMILES string of the molecule is CC1CCC2(CC1)CC2CO. The van der Waals surface area contributed by atoms with Gasteiger partial charge in [-0.25, -0.2) is 0 Å². The van der Waals surface area contributed by atoms with Gasteiger partial charge in [0.25, 0.3) is 0 Å². The van der Waals surface area contributed by atoms with Gasteiger partial charge in [-0.3, -0.25) is 0 Å². The maximum atomic E-state index is 8.99. The highest BCUT2D eigenvalue weighted by Crippen LogP contribution is 2.61. The predicted octanol–water partition coefficient (Wildman–Crippen LogP) is 2.20. The fourth-order valence-corrected chi connectivity index (χ4v) is 2.64. The molecule has 0 aromatic rings. The van der Waals surface area contributed by atoms with Crippen LogP contribution in [0.25, 0.3) is 0 Å². The highest BCUT2D eigenvalue weighted by atomic mass is 16.3. The Morgan fingerprint density at radius 1 is 1.36 bits per heavy atom. The van der Waals surface area contributed by atoms with Crippen molar-refractivity contribution >= 4 is 0 Å². The molecule has 2 aliphatic carbocycles. The number of hydrogen-bond donors (Lipinski definition) is 1. The molecule has 64 valence electrons. The molecule has 1 N–H and O–H groups in total. The van der Waals surface area contributed by atoms with E-state index < -0.39 is 0 Å². The Hall–Kier alpha value is -0.0400. The van der Waals surface area contributed by atoms with Crippen molar-refractivity contribution < 1.29 is 5.11 Å². The summed E-state index contributed by atoms with van der Waals surface area (Å²) < 4.78 is 0. The lowest BCUT2D eigenvalue weighted by Gasteiger charge is -2.26. The van der Waals surface area contributed by atoms with Crippen LogP contribution in [-0.2, 0) is 0 Å². The van der Waals surface area contributed by atoms with Crippen LogP contribution in [-0.4, -0.2) is 11.7 Å². The van der Waals surface area contributed by atoms with E-state index in [2.05, 4.69) is 6.92 Å². The highest BCUT2D eigenvalue weighted by molar-refractivity contribution is 5.03. The number of hydrogen-bond acceptors (Lipinski definition) is 1. The molecule has 0 heterocycles. The molecule has 2 fully saturated rings. The first-order chi connectivity index (χ1) is 5.27. The molecule has 0 radical (unpaired) electrons. The Balaban J connectivity index is 1.89. The van der Waals surface area contributed by atoms with Crippen LogP contribution in [0.5, 0.6) is 0 Å². The van der Waals surface area contributed by atoms with Crippen molar-refractivity contribution in [2.45, 2.75) is 39.0 Å². The first-order valence-electron chi connectivity index (χ1n) is 4.88. The van der Waals surface area contributed by atoms with E-state index in [1.165, 1.54) is 32.1 Å². The molecule has 1 atom stereocenters. The van der Waals surface area contributed by atoms with Crippen molar-refractivity contribution in [3.05, 3.63) is 0 Å². The average molecular weight is 154 g/mol. The molecule has 1 unspecified atom stereocenters. The van der Waals surface area contributed by atoms with E-state index >= 15 is 0 Å². The Kier molecular flexibility index (Phi) is 1.71. The third-order valence-corrected chi connectivity index (χ3v) is 3.85. The minimum absolute atomic E-state index is 0.439. The topological polar surface area (TPSA) is 20.2 Å². The summed E-state index contributed by atoms with van der Waals surface area (Å²) in [6, 6.07) is 0. The monoisotopic (exact) mass is 154 g/mol. The molecule has 2 saturated carbocycles. The van der Waals surface area contributed by atoms with Crippen LogP contribution in [0.3, 0.4) is 0 Å². The van der Waals surface area contributed by atoms with Gasteiger partial charge in [-0.05, 0) is 36.5 Å². The van der Waals surface area contributed by atoms with Crippen LogP contribution >= 0.6 is 0 Å². The predicted molar refractivity (Wildman–Crippen MR) is 45.3 cm³/mol. The minimum atomic E-state index is 0.439. The summed E-state index contributed by atoms with van der Waals surface area (Å²) in [5, 5.41) is 8.99. The van der Waals surface area contributed by atoms with Gasteiger partial charge in [0.05, 0.1) is 0 Å². The smallest absolute Gasteiger partial charge is 0.0464 e. The minimum Gasteiger partial charge on any atom is -0.396 e. The second kappa shape index (κ2) is 2.48. The first-order valence-corrected chi connectivity index (χ1v) is 4.88. The average Bonchev–Trinajstić information content (AvgIpc) is 2.71. The van der Waals surface area contributed by atoms with E-state index in [1.807, 2.05) is 0 Å². The lowest BCUT2D eigenvalue weighted by atomic mass is 9.79. The fourth-order valence-electron chi connectivity index (χ4n) is 2.64. The molecule has 11 heavy (non-hydrogen) atoms. The van der Waals surface area contributed by atoms with E-state index in [9.17, 15) is 0 Å². The summed E-state index contributed by atoms with van der Waals surface area (Å²) in [5.74, 6) is 1.62. The highest BCUT2D eigenvalue weighted by Gasteiger charge is 2.53. The van der Waals surface area contributed by atoms with Crippen LogP contribution in [0.1, 0.15) is 39.0 Å². The normalized spacial score (nSPS) is 49.6. The van der Waals surface area contributed by atoms with E-state index in [4.69, 9.17) is 5.11 Å². The molecule has 0 saturated heterocycles. The van der Waals surface area contributed by atoms with Gasteiger partial charge in [0.1, 0.15) is 0 Å². The third kappa shape index (κ3) is 1.20. The largest absolute Gasteiger partial charge is 0.396 e. The van der Waals surface area contributed by atoms with Crippen molar-refractivity contribution in [1.82, 2.24) is 0 Å². The van der Waals surface area contributed by atoms with Gasteiger partial charge in [-0.15, -0.1) is 0 Å². The summed E-state index contributed by atoms with van der Waals surface area (Å²) in [6.45, 7) is 2.79. The Morgan fingerprint density at radius 3 is 2.45 bits per heavy atom. The molecule has 1 nitrogen and oxygen atoms in total. The molecule has 2 rings (SSSR count). The van der Waals surface area contributed by atoms with Gasteiger partial charge in [0, 0.05) is 6.61 Å². The van der Waals surface area contributed by atoms with Gasteiger partial charge in [-0.1, -0.05) is 19.8 Å². The molecule has 0 amide bonds. The molecule has 0 bridgehead atoms. The summed E-state index contributed by atoms with van der Waals surface area (Å²) >= 11 is 0. The van der Waals surface area contributed by atoms with Gasteiger partial charge in [0.15, 0.2) is 0 Å².